The van der Waals surface area contributed by atoms with E-state index in [1.165, 1.54) is 0 Å². The van der Waals surface area contributed by atoms with E-state index in [0.29, 0.717) is 24.3 Å². The Morgan fingerprint density at radius 1 is 1.24 bits per heavy atom. The number of carbonyl (C=O) groups excluding carboxylic acids is 3. The normalized spacial score (nSPS) is 29.7. The Bertz CT molecular complexity index is 829. The standard InChI is InChI=1S/C22H31N3O4/c1-14-6-8-22(9-7-14)20(27)25(21(28)23-22)13-19(26)18-11-15(2)24(16(18)3)12-17-5-4-10-29-17/h11,14,17H,4-10,12-13H2,1-3H3,(H,23,28)/t14?,17-,22?/m0/s1. The lowest BCUT2D eigenvalue weighted by Gasteiger charge is -2.33. The Labute approximate surface area is 171 Å². The van der Waals surface area contributed by atoms with Gasteiger partial charge in [0.2, 0.25) is 0 Å². The summed E-state index contributed by atoms with van der Waals surface area (Å²) in [6.07, 6.45) is 5.42. The number of carbonyl (C=O) groups is 3. The van der Waals surface area contributed by atoms with Gasteiger partial charge in [0.15, 0.2) is 5.78 Å². The van der Waals surface area contributed by atoms with Gasteiger partial charge in [-0.2, -0.15) is 0 Å². The number of hydrogen-bond donors (Lipinski definition) is 1. The summed E-state index contributed by atoms with van der Waals surface area (Å²) in [6.45, 7) is 7.39. The van der Waals surface area contributed by atoms with Crippen LogP contribution in [0.15, 0.2) is 6.07 Å². The molecular weight excluding hydrogens is 370 g/mol. The molecule has 4 rings (SSSR count). The van der Waals surface area contributed by atoms with E-state index in [9.17, 15) is 14.4 Å². The fourth-order valence-corrected chi connectivity index (χ4v) is 5.00. The average molecular weight is 402 g/mol. The quantitative estimate of drug-likeness (QED) is 0.608. The van der Waals surface area contributed by atoms with Gasteiger partial charge < -0.3 is 14.6 Å². The summed E-state index contributed by atoms with van der Waals surface area (Å²) >= 11 is 0. The summed E-state index contributed by atoms with van der Waals surface area (Å²) in [5.74, 6) is 0.132. The minimum absolute atomic E-state index is 0.183. The molecule has 3 heterocycles. The highest BCUT2D eigenvalue weighted by atomic mass is 16.5. The van der Waals surface area contributed by atoms with Crippen LogP contribution in [0.25, 0.3) is 0 Å². The van der Waals surface area contributed by atoms with Gasteiger partial charge in [0.05, 0.1) is 12.6 Å². The molecule has 2 aliphatic heterocycles. The highest BCUT2D eigenvalue weighted by Gasteiger charge is 2.52. The summed E-state index contributed by atoms with van der Waals surface area (Å²) in [5, 5.41) is 2.89. The van der Waals surface area contributed by atoms with Crippen LogP contribution >= 0.6 is 0 Å². The van der Waals surface area contributed by atoms with E-state index < -0.39 is 11.6 Å². The van der Waals surface area contributed by atoms with E-state index in [2.05, 4.69) is 16.8 Å². The first-order valence-corrected chi connectivity index (χ1v) is 10.8. The number of nitrogens with one attached hydrogen (secondary N) is 1. The molecule has 0 bridgehead atoms. The molecule has 158 valence electrons. The molecule has 1 atom stereocenters. The van der Waals surface area contributed by atoms with Crippen LogP contribution in [0.3, 0.4) is 0 Å². The third-order valence-corrected chi connectivity index (χ3v) is 6.96. The summed E-state index contributed by atoms with van der Waals surface area (Å²) < 4.78 is 7.84. The number of rotatable bonds is 5. The molecule has 3 fully saturated rings. The van der Waals surface area contributed by atoms with Crippen molar-refractivity contribution in [3.05, 3.63) is 23.0 Å². The predicted molar refractivity (Wildman–Crippen MR) is 108 cm³/mol. The van der Waals surface area contributed by atoms with E-state index >= 15 is 0 Å². The largest absolute Gasteiger partial charge is 0.376 e. The van der Waals surface area contributed by atoms with Crippen molar-refractivity contribution in [1.29, 1.82) is 0 Å². The van der Waals surface area contributed by atoms with Crippen molar-refractivity contribution in [2.75, 3.05) is 13.2 Å². The minimum atomic E-state index is -0.805. The Kier molecular flexibility index (Phi) is 5.27. The first-order valence-electron chi connectivity index (χ1n) is 10.8. The molecule has 3 aliphatic rings. The highest BCUT2D eigenvalue weighted by Crippen LogP contribution is 2.36. The molecule has 29 heavy (non-hydrogen) atoms. The molecule has 1 spiro atoms. The van der Waals surface area contributed by atoms with Crippen molar-refractivity contribution < 1.29 is 19.1 Å². The number of ether oxygens (including phenoxy) is 1. The van der Waals surface area contributed by atoms with Gasteiger partial charge in [0, 0.05) is 30.1 Å². The zero-order valence-electron chi connectivity index (χ0n) is 17.6. The van der Waals surface area contributed by atoms with Crippen LogP contribution in [0.2, 0.25) is 0 Å². The second-order valence-corrected chi connectivity index (χ2v) is 9.04. The zero-order chi connectivity index (χ0) is 20.8. The van der Waals surface area contributed by atoms with E-state index in [1.807, 2.05) is 19.9 Å². The van der Waals surface area contributed by atoms with Crippen LogP contribution in [0.1, 0.15) is 67.2 Å². The Morgan fingerprint density at radius 2 is 1.97 bits per heavy atom. The number of nitrogens with zero attached hydrogens (tertiary/aromatic N) is 2. The van der Waals surface area contributed by atoms with Crippen molar-refractivity contribution in [3.63, 3.8) is 0 Å². The topological polar surface area (TPSA) is 80.6 Å². The van der Waals surface area contributed by atoms with Gasteiger partial charge in [-0.1, -0.05) is 6.92 Å². The lowest BCUT2D eigenvalue weighted by Crippen LogP contribution is -2.49. The number of imide groups is 1. The number of amides is 3. The highest BCUT2D eigenvalue weighted by molar-refractivity contribution is 6.11. The first kappa shape index (κ1) is 20.1. The molecule has 1 saturated carbocycles. The second-order valence-electron chi connectivity index (χ2n) is 9.04. The molecule has 7 nitrogen and oxygen atoms in total. The number of aryl methyl sites for hydroxylation is 1. The predicted octanol–water partition coefficient (Wildman–Crippen LogP) is 2.97. The molecule has 1 N–H and O–H groups in total. The summed E-state index contributed by atoms with van der Waals surface area (Å²) in [5.41, 5.74) is 1.65. The summed E-state index contributed by atoms with van der Waals surface area (Å²) in [4.78, 5) is 39.7. The molecule has 0 aromatic carbocycles. The molecule has 2 saturated heterocycles. The monoisotopic (exact) mass is 401 g/mol. The number of Topliss-reactive ketones (excluding diaryl/α,β-unsaturated/α-hetero) is 1. The smallest absolute Gasteiger partial charge is 0.325 e. The van der Waals surface area contributed by atoms with Crippen LogP contribution in [0, 0.1) is 19.8 Å². The maximum absolute atomic E-state index is 13.0. The summed E-state index contributed by atoms with van der Waals surface area (Å²) in [6, 6.07) is 1.43. The third-order valence-electron chi connectivity index (χ3n) is 6.96. The van der Waals surface area contributed by atoms with Gasteiger partial charge >= 0.3 is 6.03 Å². The van der Waals surface area contributed by atoms with Crippen molar-refractivity contribution >= 4 is 17.7 Å². The number of aromatic nitrogens is 1. The van der Waals surface area contributed by atoms with E-state index in [1.54, 1.807) is 0 Å². The average Bonchev–Trinajstić information content (AvgIpc) is 3.36. The molecule has 7 heteroatoms. The second kappa shape index (κ2) is 7.59. The van der Waals surface area contributed by atoms with Gasteiger partial charge in [-0.3, -0.25) is 14.5 Å². The number of ketones is 1. The number of hydrogen-bond acceptors (Lipinski definition) is 4. The fraction of sp³-hybridized carbons (Fsp3) is 0.682. The Morgan fingerprint density at radius 3 is 2.62 bits per heavy atom. The lowest BCUT2D eigenvalue weighted by molar-refractivity contribution is -0.132. The van der Waals surface area contributed by atoms with Gasteiger partial charge in [0.25, 0.3) is 5.91 Å². The fourth-order valence-electron chi connectivity index (χ4n) is 5.00. The third kappa shape index (κ3) is 3.61. The first-order chi connectivity index (χ1) is 13.8. The number of urea groups is 1. The molecular formula is C22H31N3O4. The van der Waals surface area contributed by atoms with Gasteiger partial charge in [-0.05, 0) is 64.4 Å². The van der Waals surface area contributed by atoms with Crippen LogP contribution in [0.4, 0.5) is 4.79 Å². The van der Waals surface area contributed by atoms with Crippen LogP contribution in [0.5, 0.6) is 0 Å². The summed E-state index contributed by atoms with van der Waals surface area (Å²) in [7, 11) is 0. The molecule has 1 aliphatic carbocycles. The van der Waals surface area contributed by atoms with Crippen molar-refractivity contribution in [2.24, 2.45) is 5.92 Å². The maximum atomic E-state index is 13.0. The Balaban J connectivity index is 1.48. The van der Waals surface area contributed by atoms with E-state index in [0.717, 1.165) is 55.1 Å². The minimum Gasteiger partial charge on any atom is -0.376 e. The van der Waals surface area contributed by atoms with Gasteiger partial charge in [-0.15, -0.1) is 0 Å². The van der Waals surface area contributed by atoms with Crippen LogP contribution in [-0.2, 0) is 16.1 Å². The maximum Gasteiger partial charge on any atom is 0.325 e. The van der Waals surface area contributed by atoms with Gasteiger partial charge in [-0.25, -0.2) is 4.79 Å². The van der Waals surface area contributed by atoms with Crippen molar-refractivity contribution in [1.82, 2.24) is 14.8 Å². The van der Waals surface area contributed by atoms with Crippen molar-refractivity contribution in [3.8, 4) is 0 Å². The van der Waals surface area contributed by atoms with Crippen molar-refractivity contribution in [2.45, 2.75) is 77.5 Å². The lowest BCUT2D eigenvalue weighted by atomic mass is 9.77. The molecule has 3 amide bonds. The molecule has 1 aromatic rings. The zero-order valence-corrected chi connectivity index (χ0v) is 17.6. The molecule has 0 radical (unpaired) electrons. The SMILES string of the molecule is Cc1cc(C(=O)CN2C(=O)NC3(CCC(C)CC3)C2=O)c(C)n1C[C@@H]1CCCO1. The van der Waals surface area contributed by atoms with Gasteiger partial charge in [0.1, 0.15) is 5.54 Å². The van der Waals surface area contributed by atoms with E-state index in [-0.39, 0.29) is 24.3 Å². The Hall–Kier alpha value is -2.15. The molecule has 1 aromatic heterocycles. The van der Waals surface area contributed by atoms with Crippen LogP contribution < -0.4 is 5.32 Å². The van der Waals surface area contributed by atoms with E-state index in [4.69, 9.17) is 4.74 Å². The molecule has 0 unspecified atom stereocenters. The van der Waals surface area contributed by atoms with Crippen LogP contribution in [-0.4, -0.2) is 52.0 Å².